The molecule has 130 valence electrons. The third kappa shape index (κ3) is 3.14. The first-order chi connectivity index (χ1) is 12.7. The van der Waals surface area contributed by atoms with E-state index in [9.17, 15) is 9.90 Å². The van der Waals surface area contributed by atoms with Crippen molar-refractivity contribution in [3.63, 3.8) is 0 Å². The molecule has 1 amide bonds. The van der Waals surface area contributed by atoms with Gasteiger partial charge in [0.25, 0.3) is 5.91 Å². The summed E-state index contributed by atoms with van der Waals surface area (Å²) >= 11 is 0. The number of nitrogens with zero attached hydrogens (tertiary/aromatic N) is 1. The molecule has 0 radical (unpaired) electrons. The molecule has 0 saturated carbocycles. The first-order valence-electron chi connectivity index (χ1n) is 8.72. The highest BCUT2D eigenvalue weighted by molar-refractivity contribution is 6.01. The standard InChI is InChI=1S/C22H20N2O2/c25-18-10-6-9-17(15-18)21-23-20-12-5-4-11-19(20)22(26)24(21)14-13-16-7-2-1-3-8-16/h1-12,15,21,23,25H,13-14H2. The average molecular weight is 344 g/mol. The van der Waals surface area contributed by atoms with Crippen LogP contribution >= 0.6 is 0 Å². The molecular weight excluding hydrogens is 324 g/mol. The molecule has 1 aliphatic heterocycles. The van der Waals surface area contributed by atoms with E-state index in [2.05, 4.69) is 17.4 Å². The maximum Gasteiger partial charge on any atom is 0.257 e. The molecule has 26 heavy (non-hydrogen) atoms. The van der Waals surface area contributed by atoms with Crippen molar-refractivity contribution in [2.45, 2.75) is 12.6 Å². The Labute approximate surface area is 152 Å². The second-order valence-corrected chi connectivity index (χ2v) is 6.42. The molecule has 0 aromatic heterocycles. The van der Waals surface area contributed by atoms with Crippen LogP contribution in [0.1, 0.15) is 27.7 Å². The summed E-state index contributed by atoms with van der Waals surface area (Å²) in [5.41, 5.74) is 3.55. The lowest BCUT2D eigenvalue weighted by Gasteiger charge is -2.38. The van der Waals surface area contributed by atoms with Crippen LogP contribution in [0.25, 0.3) is 0 Å². The summed E-state index contributed by atoms with van der Waals surface area (Å²) in [5, 5.41) is 13.3. The summed E-state index contributed by atoms with van der Waals surface area (Å²) in [4.78, 5) is 15.0. The number of phenols is 1. The van der Waals surface area contributed by atoms with Crippen molar-refractivity contribution in [1.29, 1.82) is 0 Å². The smallest absolute Gasteiger partial charge is 0.257 e. The number of fused-ring (bicyclic) bond motifs is 1. The number of anilines is 1. The predicted octanol–water partition coefficient (Wildman–Crippen LogP) is 4.20. The zero-order chi connectivity index (χ0) is 17.9. The van der Waals surface area contributed by atoms with Gasteiger partial charge in [-0.2, -0.15) is 0 Å². The number of phenolic OH excluding ortho intramolecular Hbond substituents is 1. The van der Waals surface area contributed by atoms with Crippen LogP contribution in [0.5, 0.6) is 5.75 Å². The molecule has 1 atom stereocenters. The normalized spacial score (nSPS) is 16.1. The minimum absolute atomic E-state index is 0.00336. The molecule has 3 aromatic rings. The molecule has 3 aromatic carbocycles. The number of benzene rings is 3. The van der Waals surface area contributed by atoms with Crippen molar-refractivity contribution in [2.75, 3.05) is 11.9 Å². The zero-order valence-corrected chi connectivity index (χ0v) is 14.3. The lowest BCUT2D eigenvalue weighted by atomic mass is 10.0. The van der Waals surface area contributed by atoms with Crippen molar-refractivity contribution < 1.29 is 9.90 Å². The van der Waals surface area contributed by atoms with Crippen molar-refractivity contribution in [3.8, 4) is 5.75 Å². The summed E-state index contributed by atoms with van der Waals surface area (Å²) in [7, 11) is 0. The van der Waals surface area contributed by atoms with E-state index in [1.807, 2.05) is 53.4 Å². The van der Waals surface area contributed by atoms with Gasteiger partial charge in [-0.05, 0) is 41.8 Å². The first kappa shape index (κ1) is 16.2. The second kappa shape index (κ2) is 6.92. The minimum Gasteiger partial charge on any atom is -0.508 e. The Morgan fingerprint density at radius 3 is 2.50 bits per heavy atom. The molecule has 0 fully saturated rings. The van der Waals surface area contributed by atoms with Gasteiger partial charge in [-0.25, -0.2) is 0 Å². The third-order valence-corrected chi connectivity index (χ3v) is 4.69. The Bertz CT molecular complexity index is 924. The molecule has 0 spiro atoms. The van der Waals surface area contributed by atoms with Gasteiger partial charge in [0.05, 0.1) is 5.56 Å². The van der Waals surface area contributed by atoms with Crippen molar-refractivity contribution in [3.05, 3.63) is 95.6 Å². The predicted molar refractivity (Wildman–Crippen MR) is 102 cm³/mol. The van der Waals surface area contributed by atoms with Gasteiger partial charge in [0.2, 0.25) is 0 Å². The van der Waals surface area contributed by atoms with Crippen LogP contribution < -0.4 is 5.32 Å². The quantitative estimate of drug-likeness (QED) is 0.746. The fraction of sp³-hybridized carbons (Fsp3) is 0.136. The van der Waals surface area contributed by atoms with Gasteiger partial charge in [-0.3, -0.25) is 4.79 Å². The van der Waals surface area contributed by atoms with Crippen molar-refractivity contribution >= 4 is 11.6 Å². The minimum atomic E-state index is -0.312. The number of carbonyl (C=O) groups excluding carboxylic acids is 1. The molecule has 1 unspecified atom stereocenters. The van der Waals surface area contributed by atoms with Crippen LogP contribution in [0.15, 0.2) is 78.9 Å². The first-order valence-corrected chi connectivity index (χ1v) is 8.72. The largest absolute Gasteiger partial charge is 0.508 e. The fourth-order valence-corrected chi connectivity index (χ4v) is 3.38. The Balaban J connectivity index is 1.68. The molecule has 0 bridgehead atoms. The van der Waals surface area contributed by atoms with E-state index in [0.29, 0.717) is 12.1 Å². The number of hydrogen-bond acceptors (Lipinski definition) is 3. The summed E-state index contributed by atoms with van der Waals surface area (Å²) in [5.74, 6) is 0.197. The van der Waals surface area contributed by atoms with E-state index < -0.39 is 0 Å². The molecule has 1 aliphatic rings. The van der Waals surface area contributed by atoms with Crippen LogP contribution in [-0.4, -0.2) is 22.5 Å². The van der Waals surface area contributed by atoms with E-state index in [1.54, 1.807) is 18.2 Å². The molecule has 4 heteroatoms. The number of carbonyl (C=O) groups is 1. The fourth-order valence-electron chi connectivity index (χ4n) is 3.38. The Morgan fingerprint density at radius 1 is 0.923 bits per heavy atom. The Kier molecular flexibility index (Phi) is 4.32. The van der Waals surface area contributed by atoms with Crippen LogP contribution in [0, 0.1) is 0 Å². The molecule has 0 saturated heterocycles. The van der Waals surface area contributed by atoms with Gasteiger partial charge < -0.3 is 15.3 Å². The van der Waals surface area contributed by atoms with Gasteiger partial charge in [0.1, 0.15) is 11.9 Å². The summed E-state index contributed by atoms with van der Waals surface area (Å²) in [6.07, 6.45) is 0.458. The maximum atomic E-state index is 13.1. The average Bonchev–Trinajstić information content (AvgIpc) is 2.68. The van der Waals surface area contributed by atoms with E-state index >= 15 is 0 Å². The van der Waals surface area contributed by atoms with Gasteiger partial charge >= 0.3 is 0 Å². The molecule has 2 N–H and O–H groups in total. The highest BCUT2D eigenvalue weighted by Gasteiger charge is 2.32. The zero-order valence-electron chi connectivity index (χ0n) is 14.3. The lowest BCUT2D eigenvalue weighted by Crippen LogP contribution is -2.43. The molecule has 4 nitrogen and oxygen atoms in total. The monoisotopic (exact) mass is 344 g/mol. The van der Waals surface area contributed by atoms with E-state index in [-0.39, 0.29) is 17.8 Å². The molecule has 0 aliphatic carbocycles. The number of para-hydroxylation sites is 1. The number of amides is 1. The molecule has 4 rings (SSSR count). The Morgan fingerprint density at radius 2 is 1.69 bits per heavy atom. The number of nitrogens with one attached hydrogen (secondary N) is 1. The molecule has 1 heterocycles. The summed E-state index contributed by atoms with van der Waals surface area (Å²) in [6, 6.07) is 24.8. The number of rotatable bonds is 4. The van der Waals surface area contributed by atoms with Crippen LogP contribution in [0.4, 0.5) is 5.69 Å². The van der Waals surface area contributed by atoms with Crippen LogP contribution in [-0.2, 0) is 6.42 Å². The summed E-state index contributed by atoms with van der Waals surface area (Å²) in [6.45, 7) is 0.588. The van der Waals surface area contributed by atoms with Gasteiger partial charge in [0, 0.05) is 12.2 Å². The lowest BCUT2D eigenvalue weighted by molar-refractivity contribution is 0.0685. The molecular formula is C22H20N2O2. The van der Waals surface area contributed by atoms with E-state index in [0.717, 1.165) is 17.7 Å². The number of aromatic hydroxyl groups is 1. The maximum absolute atomic E-state index is 13.1. The van der Waals surface area contributed by atoms with Gasteiger partial charge in [0.15, 0.2) is 0 Å². The van der Waals surface area contributed by atoms with Crippen LogP contribution in [0.2, 0.25) is 0 Å². The highest BCUT2D eigenvalue weighted by Crippen LogP contribution is 2.34. The summed E-state index contributed by atoms with van der Waals surface area (Å²) < 4.78 is 0. The van der Waals surface area contributed by atoms with Gasteiger partial charge in [-0.15, -0.1) is 0 Å². The van der Waals surface area contributed by atoms with Crippen LogP contribution in [0.3, 0.4) is 0 Å². The van der Waals surface area contributed by atoms with E-state index in [4.69, 9.17) is 0 Å². The SMILES string of the molecule is O=C1c2ccccc2NC(c2cccc(O)c2)N1CCc1ccccc1. The topological polar surface area (TPSA) is 52.6 Å². The number of hydrogen-bond donors (Lipinski definition) is 2. The van der Waals surface area contributed by atoms with Crippen molar-refractivity contribution in [1.82, 2.24) is 4.90 Å². The third-order valence-electron chi connectivity index (χ3n) is 4.69. The second-order valence-electron chi connectivity index (χ2n) is 6.42. The van der Waals surface area contributed by atoms with E-state index in [1.165, 1.54) is 5.56 Å². The Hall–Kier alpha value is -3.27. The highest BCUT2D eigenvalue weighted by atomic mass is 16.3. The van der Waals surface area contributed by atoms with Crippen molar-refractivity contribution in [2.24, 2.45) is 0 Å². The van der Waals surface area contributed by atoms with Gasteiger partial charge in [-0.1, -0.05) is 54.6 Å².